The number of carbonyl (C=O) groups is 1. The highest BCUT2D eigenvalue weighted by Gasteiger charge is 2.10. The van der Waals surface area contributed by atoms with E-state index < -0.39 is 0 Å². The van der Waals surface area contributed by atoms with Gasteiger partial charge in [-0.3, -0.25) is 9.48 Å². The number of nitrogens with zero attached hydrogens (tertiary/aromatic N) is 2. The van der Waals surface area contributed by atoms with E-state index in [1.165, 1.54) is 11.1 Å². The number of hydrogen-bond donors (Lipinski definition) is 1. The normalized spacial score (nSPS) is 10.7. The molecule has 0 radical (unpaired) electrons. The van der Waals surface area contributed by atoms with Crippen LogP contribution in [0, 0.1) is 6.92 Å². The quantitative estimate of drug-likeness (QED) is 0.344. The molecule has 0 unspecified atom stereocenters. The second-order valence-electron chi connectivity index (χ2n) is 7.34. The van der Waals surface area contributed by atoms with Gasteiger partial charge < -0.3 is 10.1 Å². The SMILES string of the molecule is Cc1ccccc1Cn1ccc(NC(=O)c2cccc(COc3ccc(Cl)cc3Cl)c2)n1. The maximum atomic E-state index is 12.7. The third-order valence-electron chi connectivity index (χ3n) is 4.95. The van der Waals surface area contributed by atoms with Crippen LogP contribution < -0.4 is 10.1 Å². The molecular weight excluding hydrogens is 445 g/mol. The molecule has 0 spiro atoms. The number of nitrogens with one attached hydrogen (secondary N) is 1. The minimum absolute atomic E-state index is 0.238. The van der Waals surface area contributed by atoms with E-state index in [0.717, 1.165) is 5.56 Å². The summed E-state index contributed by atoms with van der Waals surface area (Å²) in [5.74, 6) is 0.792. The van der Waals surface area contributed by atoms with Crippen molar-refractivity contribution in [3.8, 4) is 5.75 Å². The lowest BCUT2D eigenvalue weighted by atomic mass is 10.1. The van der Waals surface area contributed by atoms with Crippen LogP contribution in [0.5, 0.6) is 5.75 Å². The monoisotopic (exact) mass is 465 g/mol. The summed E-state index contributed by atoms with van der Waals surface area (Å²) in [6, 6.07) is 22.2. The van der Waals surface area contributed by atoms with Crippen molar-refractivity contribution in [2.75, 3.05) is 5.32 Å². The van der Waals surface area contributed by atoms with Crippen LogP contribution in [0.4, 0.5) is 5.82 Å². The minimum atomic E-state index is -0.238. The van der Waals surface area contributed by atoms with Crippen molar-refractivity contribution in [2.24, 2.45) is 0 Å². The van der Waals surface area contributed by atoms with Gasteiger partial charge in [0.15, 0.2) is 5.82 Å². The first-order valence-corrected chi connectivity index (χ1v) is 10.8. The molecule has 0 fully saturated rings. The summed E-state index contributed by atoms with van der Waals surface area (Å²) in [4.78, 5) is 12.7. The van der Waals surface area contributed by atoms with Gasteiger partial charge in [-0.05, 0) is 53.9 Å². The molecule has 0 bridgehead atoms. The largest absolute Gasteiger partial charge is 0.487 e. The van der Waals surface area contributed by atoms with Crippen LogP contribution in [0.25, 0.3) is 0 Å². The number of aryl methyl sites for hydroxylation is 1. The maximum absolute atomic E-state index is 12.7. The Bertz CT molecular complexity index is 1250. The van der Waals surface area contributed by atoms with Crippen LogP contribution in [0.3, 0.4) is 0 Å². The number of halogens is 2. The van der Waals surface area contributed by atoms with Crippen molar-refractivity contribution in [1.29, 1.82) is 0 Å². The maximum Gasteiger partial charge on any atom is 0.256 e. The molecule has 0 aliphatic rings. The summed E-state index contributed by atoms with van der Waals surface area (Å²) >= 11 is 12.1. The summed E-state index contributed by atoms with van der Waals surface area (Å²) in [7, 11) is 0. The second kappa shape index (κ2) is 9.90. The molecular formula is C25H21Cl2N3O2. The van der Waals surface area contributed by atoms with Crippen molar-refractivity contribution in [2.45, 2.75) is 20.1 Å². The number of carbonyl (C=O) groups excluding carboxylic acids is 1. The molecule has 4 aromatic rings. The Morgan fingerprint density at radius 2 is 1.88 bits per heavy atom. The van der Waals surface area contributed by atoms with Crippen LogP contribution in [-0.2, 0) is 13.2 Å². The molecule has 1 N–H and O–H groups in total. The summed E-state index contributed by atoms with van der Waals surface area (Å²) in [6.45, 7) is 2.98. The molecule has 0 atom stereocenters. The van der Waals surface area contributed by atoms with Gasteiger partial charge in [0.2, 0.25) is 0 Å². The lowest BCUT2D eigenvalue weighted by molar-refractivity contribution is 0.102. The van der Waals surface area contributed by atoms with Crippen molar-refractivity contribution < 1.29 is 9.53 Å². The Hall–Kier alpha value is -3.28. The van der Waals surface area contributed by atoms with Crippen LogP contribution in [0.15, 0.2) is 79.0 Å². The number of amides is 1. The fourth-order valence-electron chi connectivity index (χ4n) is 3.22. The molecule has 0 saturated carbocycles. The van der Waals surface area contributed by atoms with Gasteiger partial charge in [0.1, 0.15) is 12.4 Å². The lowest BCUT2D eigenvalue weighted by Crippen LogP contribution is -2.13. The number of aromatic nitrogens is 2. The Morgan fingerprint density at radius 3 is 2.69 bits per heavy atom. The van der Waals surface area contributed by atoms with E-state index in [-0.39, 0.29) is 12.5 Å². The second-order valence-corrected chi connectivity index (χ2v) is 8.19. The van der Waals surface area contributed by atoms with Gasteiger partial charge in [0.25, 0.3) is 5.91 Å². The van der Waals surface area contributed by atoms with E-state index in [2.05, 4.69) is 29.5 Å². The Labute approximate surface area is 196 Å². The molecule has 0 aliphatic carbocycles. The predicted octanol–water partition coefficient (Wildman–Crippen LogP) is 6.38. The first kappa shape index (κ1) is 21.9. The standard InChI is InChI=1S/C25H21Cl2N3O2/c1-17-5-2-3-7-20(17)15-30-12-11-24(29-30)28-25(31)19-8-4-6-18(13-19)16-32-23-10-9-21(26)14-22(23)27/h2-14H,15-16H2,1H3,(H,28,29,31). The molecule has 4 rings (SSSR count). The molecule has 1 amide bonds. The zero-order chi connectivity index (χ0) is 22.5. The van der Waals surface area contributed by atoms with Gasteiger partial charge in [-0.25, -0.2) is 0 Å². The topological polar surface area (TPSA) is 56.2 Å². The van der Waals surface area contributed by atoms with Gasteiger partial charge in [-0.2, -0.15) is 5.10 Å². The van der Waals surface area contributed by atoms with Gasteiger partial charge >= 0.3 is 0 Å². The molecule has 7 heteroatoms. The van der Waals surface area contributed by atoms with Crippen molar-refractivity contribution in [3.05, 3.63) is 111 Å². The average molecular weight is 466 g/mol. The van der Waals surface area contributed by atoms with E-state index in [1.807, 2.05) is 30.5 Å². The zero-order valence-corrected chi connectivity index (χ0v) is 18.9. The van der Waals surface area contributed by atoms with Gasteiger partial charge in [-0.15, -0.1) is 0 Å². The van der Waals surface area contributed by atoms with E-state index >= 15 is 0 Å². The van der Waals surface area contributed by atoms with Crippen molar-refractivity contribution in [1.82, 2.24) is 9.78 Å². The molecule has 162 valence electrons. The van der Waals surface area contributed by atoms with Crippen molar-refractivity contribution in [3.63, 3.8) is 0 Å². The van der Waals surface area contributed by atoms with Gasteiger partial charge in [0, 0.05) is 22.8 Å². The molecule has 0 aliphatic heterocycles. The fourth-order valence-corrected chi connectivity index (χ4v) is 3.69. The zero-order valence-electron chi connectivity index (χ0n) is 17.4. The Kier molecular flexibility index (Phi) is 6.78. The molecule has 3 aromatic carbocycles. The minimum Gasteiger partial charge on any atom is -0.487 e. The van der Waals surface area contributed by atoms with Crippen LogP contribution in [0.2, 0.25) is 10.0 Å². The smallest absolute Gasteiger partial charge is 0.256 e. The first-order valence-electron chi connectivity index (χ1n) is 10.0. The van der Waals surface area contributed by atoms with Crippen LogP contribution in [-0.4, -0.2) is 15.7 Å². The summed E-state index contributed by atoms with van der Waals surface area (Å²) in [5.41, 5.74) is 3.74. The number of anilines is 1. The molecule has 32 heavy (non-hydrogen) atoms. The third-order valence-corrected chi connectivity index (χ3v) is 5.48. The van der Waals surface area contributed by atoms with E-state index in [4.69, 9.17) is 27.9 Å². The van der Waals surface area contributed by atoms with Gasteiger partial charge in [0.05, 0.1) is 11.6 Å². The van der Waals surface area contributed by atoms with Crippen LogP contribution in [0.1, 0.15) is 27.0 Å². The van der Waals surface area contributed by atoms with E-state index in [1.54, 1.807) is 41.1 Å². The number of hydrogen-bond acceptors (Lipinski definition) is 3. The Balaban J connectivity index is 1.39. The summed E-state index contributed by atoms with van der Waals surface area (Å²) in [5, 5.41) is 8.29. The lowest BCUT2D eigenvalue weighted by Gasteiger charge is -2.09. The number of rotatable bonds is 7. The number of benzene rings is 3. The highest BCUT2D eigenvalue weighted by atomic mass is 35.5. The highest BCUT2D eigenvalue weighted by Crippen LogP contribution is 2.28. The van der Waals surface area contributed by atoms with Crippen molar-refractivity contribution >= 4 is 34.9 Å². The van der Waals surface area contributed by atoms with Gasteiger partial charge in [-0.1, -0.05) is 59.6 Å². The molecule has 0 saturated heterocycles. The first-order chi connectivity index (χ1) is 15.5. The van der Waals surface area contributed by atoms with E-state index in [9.17, 15) is 4.79 Å². The fraction of sp³-hybridized carbons (Fsp3) is 0.120. The predicted molar refractivity (Wildman–Crippen MR) is 128 cm³/mol. The summed E-state index contributed by atoms with van der Waals surface area (Å²) in [6.07, 6.45) is 1.85. The average Bonchev–Trinajstić information content (AvgIpc) is 3.21. The molecule has 1 aromatic heterocycles. The molecule has 1 heterocycles. The van der Waals surface area contributed by atoms with E-state index in [0.29, 0.717) is 33.7 Å². The molecule has 5 nitrogen and oxygen atoms in total. The Morgan fingerprint density at radius 1 is 1.03 bits per heavy atom. The third kappa shape index (κ3) is 5.49. The summed E-state index contributed by atoms with van der Waals surface area (Å²) < 4.78 is 7.57. The highest BCUT2D eigenvalue weighted by molar-refractivity contribution is 6.35. The van der Waals surface area contributed by atoms with Crippen LogP contribution >= 0.6 is 23.2 Å². The number of ether oxygens (including phenoxy) is 1.